The molecule has 0 bridgehead atoms. The number of H-pyrrole nitrogens is 1. The van der Waals surface area contributed by atoms with E-state index in [1.807, 2.05) is 0 Å². The monoisotopic (exact) mass is 181 g/mol. The predicted molar refractivity (Wildman–Crippen MR) is 50.0 cm³/mol. The maximum Gasteiger partial charge on any atom is 0.259 e. The van der Waals surface area contributed by atoms with Gasteiger partial charge in [-0.15, -0.1) is 6.58 Å². The summed E-state index contributed by atoms with van der Waals surface area (Å²) in [6.45, 7) is 3.47. The first-order valence-corrected chi connectivity index (χ1v) is 3.79. The first-order chi connectivity index (χ1) is 6.19. The van der Waals surface area contributed by atoms with Crippen molar-refractivity contribution in [3.63, 3.8) is 0 Å². The second-order valence-corrected chi connectivity index (χ2v) is 2.46. The van der Waals surface area contributed by atoms with Crippen LogP contribution in [0, 0.1) is 0 Å². The fourth-order valence-corrected chi connectivity index (χ4v) is 0.933. The van der Waals surface area contributed by atoms with Crippen LogP contribution in [0.1, 0.15) is 5.56 Å². The Balaban J connectivity index is 3.23. The number of allylic oxidation sites excluding steroid dienone is 1. The molecule has 5 nitrogen and oxygen atoms in total. The van der Waals surface area contributed by atoms with Crippen LogP contribution < -0.4 is 10.9 Å². The molecule has 0 saturated carbocycles. The molecule has 3 N–H and O–H groups in total. The van der Waals surface area contributed by atoms with E-state index < -0.39 is 0 Å². The van der Waals surface area contributed by atoms with Gasteiger partial charge in [-0.1, -0.05) is 6.08 Å². The second-order valence-electron chi connectivity index (χ2n) is 2.46. The highest BCUT2D eigenvalue weighted by Crippen LogP contribution is 2.10. The number of anilines is 1. The molecule has 0 aliphatic heterocycles. The van der Waals surface area contributed by atoms with Gasteiger partial charge in [-0.05, 0) is 0 Å². The molecule has 1 heterocycles. The average Bonchev–Trinajstić information content (AvgIpc) is 2.11. The molecule has 0 saturated heterocycles. The first kappa shape index (κ1) is 9.31. The topological polar surface area (TPSA) is 78.0 Å². The maximum absolute atomic E-state index is 11.3. The highest BCUT2D eigenvalue weighted by atomic mass is 16.3. The van der Waals surface area contributed by atoms with Gasteiger partial charge in [0.2, 0.25) is 11.8 Å². The molecule has 0 spiro atoms. The Hall–Kier alpha value is -1.78. The van der Waals surface area contributed by atoms with Gasteiger partial charge in [0.25, 0.3) is 5.56 Å². The van der Waals surface area contributed by atoms with Crippen molar-refractivity contribution in [2.45, 2.75) is 6.42 Å². The summed E-state index contributed by atoms with van der Waals surface area (Å²) in [5, 5.41) is 11.9. The van der Waals surface area contributed by atoms with Crippen LogP contribution in [-0.4, -0.2) is 22.1 Å². The van der Waals surface area contributed by atoms with Gasteiger partial charge < -0.3 is 10.4 Å². The summed E-state index contributed by atoms with van der Waals surface area (Å²) >= 11 is 0. The molecule has 1 aromatic rings. The molecule has 0 aromatic carbocycles. The highest BCUT2D eigenvalue weighted by Gasteiger charge is 2.07. The van der Waals surface area contributed by atoms with Crippen molar-refractivity contribution in [3.8, 4) is 5.88 Å². The maximum atomic E-state index is 11.3. The van der Waals surface area contributed by atoms with E-state index in [0.29, 0.717) is 6.42 Å². The zero-order valence-corrected chi connectivity index (χ0v) is 7.29. The molecule has 0 radical (unpaired) electrons. The highest BCUT2D eigenvalue weighted by molar-refractivity contribution is 5.32. The summed E-state index contributed by atoms with van der Waals surface area (Å²) in [4.78, 5) is 17.4. The number of hydrogen-bond donors (Lipinski definition) is 3. The molecule has 70 valence electrons. The third kappa shape index (κ3) is 1.87. The number of aromatic amines is 1. The number of nitrogens with zero attached hydrogens (tertiary/aromatic N) is 1. The molecule has 0 amide bonds. The average molecular weight is 181 g/mol. The molecule has 1 aromatic heterocycles. The quantitative estimate of drug-likeness (QED) is 0.584. The summed E-state index contributed by atoms with van der Waals surface area (Å²) in [5.74, 6) is -0.0108. The van der Waals surface area contributed by atoms with Gasteiger partial charge in [-0.25, -0.2) is 0 Å². The number of hydrogen-bond acceptors (Lipinski definition) is 4. The van der Waals surface area contributed by atoms with E-state index in [9.17, 15) is 9.90 Å². The largest absolute Gasteiger partial charge is 0.493 e. The van der Waals surface area contributed by atoms with E-state index in [2.05, 4.69) is 21.9 Å². The second kappa shape index (κ2) is 3.75. The number of rotatable bonds is 3. The molecular formula is C8H11N3O2. The minimum Gasteiger partial charge on any atom is -0.493 e. The third-order valence-electron chi connectivity index (χ3n) is 1.58. The van der Waals surface area contributed by atoms with Gasteiger partial charge in [0.05, 0.1) is 5.56 Å². The molecule has 1 rings (SSSR count). The molecule has 0 atom stereocenters. The van der Waals surface area contributed by atoms with E-state index >= 15 is 0 Å². The van der Waals surface area contributed by atoms with Crippen molar-refractivity contribution in [2.75, 3.05) is 12.4 Å². The molecule has 0 fully saturated rings. The lowest BCUT2D eigenvalue weighted by atomic mass is 10.2. The Kier molecular flexibility index (Phi) is 2.69. The van der Waals surface area contributed by atoms with E-state index in [4.69, 9.17) is 0 Å². The van der Waals surface area contributed by atoms with Gasteiger partial charge in [0.1, 0.15) is 0 Å². The third-order valence-corrected chi connectivity index (χ3v) is 1.58. The van der Waals surface area contributed by atoms with Crippen molar-refractivity contribution in [3.05, 3.63) is 28.6 Å². The van der Waals surface area contributed by atoms with E-state index in [1.54, 1.807) is 7.05 Å². The van der Waals surface area contributed by atoms with E-state index in [1.165, 1.54) is 6.08 Å². The van der Waals surface area contributed by atoms with Crippen LogP contribution >= 0.6 is 0 Å². The van der Waals surface area contributed by atoms with Crippen LogP contribution in [0.5, 0.6) is 5.88 Å². The van der Waals surface area contributed by atoms with Crippen molar-refractivity contribution in [1.82, 2.24) is 9.97 Å². The molecule has 5 heteroatoms. The zero-order chi connectivity index (χ0) is 9.84. The summed E-state index contributed by atoms with van der Waals surface area (Å²) < 4.78 is 0. The van der Waals surface area contributed by atoms with Gasteiger partial charge in [0.15, 0.2) is 0 Å². The standard InChI is InChI=1S/C8H11N3O2/c1-3-4-5-6(12)10-8(9-2)11-7(5)13/h3H,1,4H2,2H3,(H3,9,10,11,12,13). The molecule has 0 aliphatic carbocycles. The summed E-state index contributed by atoms with van der Waals surface area (Å²) in [6.07, 6.45) is 1.84. The van der Waals surface area contributed by atoms with Crippen LogP contribution in [-0.2, 0) is 6.42 Å². The molecule has 0 aliphatic rings. The van der Waals surface area contributed by atoms with Crippen molar-refractivity contribution >= 4 is 5.95 Å². The minimum atomic E-state index is -0.350. The lowest BCUT2D eigenvalue weighted by Crippen LogP contribution is -2.15. The smallest absolute Gasteiger partial charge is 0.259 e. The van der Waals surface area contributed by atoms with Crippen LogP contribution in [0.3, 0.4) is 0 Å². The van der Waals surface area contributed by atoms with Gasteiger partial charge >= 0.3 is 0 Å². The summed E-state index contributed by atoms with van der Waals surface area (Å²) in [5.41, 5.74) is -0.120. The SMILES string of the molecule is C=CCc1c(O)nc(NC)[nH]c1=O. The number of aromatic hydroxyl groups is 1. The Morgan fingerprint density at radius 3 is 2.92 bits per heavy atom. The summed E-state index contributed by atoms with van der Waals surface area (Å²) in [6, 6.07) is 0. The lowest BCUT2D eigenvalue weighted by Gasteiger charge is -2.02. The van der Waals surface area contributed by atoms with Gasteiger partial charge in [-0.3, -0.25) is 9.78 Å². The predicted octanol–water partition coefficient (Wildman–Crippen LogP) is 0.246. The van der Waals surface area contributed by atoms with E-state index in [-0.39, 0.29) is 23.0 Å². The van der Waals surface area contributed by atoms with Gasteiger partial charge in [0, 0.05) is 13.5 Å². The fraction of sp³-hybridized carbons (Fsp3) is 0.250. The van der Waals surface area contributed by atoms with Gasteiger partial charge in [-0.2, -0.15) is 4.98 Å². The number of aromatic nitrogens is 2. The lowest BCUT2D eigenvalue weighted by molar-refractivity contribution is 0.445. The molecular weight excluding hydrogens is 170 g/mol. The zero-order valence-electron chi connectivity index (χ0n) is 7.29. The summed E-state index contributed by atoms with van der Waals surface area (Å²) in [7, 11) is 1.60. The van der Waals surface area contributed by atoms with Crippen LogP contribution in [0.4, 0.5) is 5.95 Å². The fourth-order valence-electron chi connectivity index (χ4n) is 0.933. The van der Waals surface area contributed by atoms with Crippen LogP contribution in [0.2, 0.25) is 0 Å². The van der Waals surface area contributed by atoms with Crippen molar-refractivity contribution < 1.29 is 5.11 Å². The van der Waals surface area contributed by atoms with E-state index in [0.717, 1.165) is 0 Å². The Morgan fingerprint density at radius 1 is 1.77 bits per heavy atom. The Bertz CT molecular complexity index is 370. The first-order valence-electron chi connectivity index (χ1n) is 3.79. The normalized spacial score (nSPS) is 9.62. The Labute approximate surface area is 75.1 Å². The molecule has 0 unspecified atom stereocenters. The van der Waals surface area contributed by atoms with Crippen molar-refractivity contribution in [1.29, 1.82) is 0 Å². The van der Waals surface area contributed by atoms with Crippen LogP contribution in [0.15, 0.2) is 17.4 Å². The minimum absolute atomic E-state index is 0.231. The number of nitrogens with one attached hydrogen (secondary N) is 2. The van der Waals surface area contributed by atoms with Crippen molar-refractivity contribution in [2.24, 2.45) is 0 Å². The molecule has 13 heavy (non-hydrogen) atoms. The Morgan fingerprint density at radius 2 is 2.46 bits per heavy atom. The van der Waals surface area contributed by atoms with Crippen LogP contribution in [0.25, 0.3) is 0 Å².